The molecule has 2 heterocycles. The molecule has 31 heavy (non-hydrogen) atoms. The van der Waals surface area contributed by atoms with Crippen LogP contribution in [0, 0.1) is 5.82 Å². The molecule has 0 aliphatic carbocycles. The van der Waals surface area contributed by atoms with E-state index in [4.69, 9.17) is 4.42 Å². The zero-order chi connectivity index (χ0) is 21.8. The van der Waals surface area contributed by atoms with Crippen molar-refractivity contribution in [2.45, 2.75) is 25.3 Å². The molecule has 3 aromatic rings. The molecule has 1 aliphatic rings. The predicted octanol–water partition coefficient (Wildman–Crippen LogP) is 3.75. The van der Waals surface area contributed by atoms with Crippen LogP contribution in [0.3, 0.4) is 0 Å². The molecule has 1 aliphatic heterocycles. The lowest BCUT2D eigenvalue weighted by Gasteiger charge is -2.35. The average molecular weight is 423 g/mol. The van der Waals surface area contributed by atoms with Crippen LogP contribution in [-0.2, 0) is 0 Å². The van der Waals surface area contributed by atoms with Gasteiger partial charge in [0.25, 0.3) is 5.91 Å². The number of urea groups is 1. The van der Waals surface area contributed by atoms with E-state index in [1.807, 2.05) is 18.2 Å². The van der Waals surface area contributed by atoms with E-state index in [0.717, 1.165) is 25.0 Å². The van der Waals surface area contributed by atoms with E-state index in [-0.39, 0.29) is 35.3 Å². The summed E-state index contributed by atoms with van der Waals surface area (Å²) in [5.74, 6) is -1.13. The largest absolute Gasteiger partial charge is 0.451 e. The number of benzene rings is 2. The molecule has 0 spiro atoms. The van der Waals surface area contributed by atoms with Gasteiger partial charge in [-0.15, -0.1) is 0 Å². The van der Waals surface area contributed by atoms with E-state index in [1.165, 1.54) is 12.1 Å². The summed E-state index contributed by atoms with van der Waals surface area (Å²) in [4.78, 5) is 39.3. The van der Waals surface area contributed by atoms with Gasteiger partial charge in [0.1, 0.15) is 11.4 Å². The zero-order valence-electron chi connectivity index (χ0n) is 16.8. The first kappa shape index (κ1) is 20.6. The molecule has 2 N–H and O–H groups in total. The maximum Gasteiger partial charge on any atom is 0.319 e. The number of halogens is 1. The SMILES string of the molecule is O=C(NCC1CCCCN1C(=O)c1cc(=O)c2ccc(F)cc2o1)Nc1ccccc1. The average Bonchev–Trinajstić information content (AvgIpc) is 2.77. The molecule has 0 saturated carbocycles. The summed E-state index contributed by atoms with van der Waals surface area (Å²) in [5, 5.41) is 5.76. The van der Waals surface area contributed by atoms with Crippen LogP contribution in [0.15, 0.2) is 63.8 Å². The molecule has 0 radical (unpaired) electrons. The maximum absolute atomic E-state index is 13.5. The molecule has 1 atom stereocenters. The number of hydrogen-bond donors (Lipinski definition) is 2. The number of fused-ring (bicyclic) bond motifs is 1. The molecule has 4 rings (SSSR count). The van der Waals surface area contributed by atoms with Crippen molar-refractivity contribution in [3.8, 4) is 0 Å². The number of piperidine rings is 1. The predicted molar refractivity (Wildman–Crippen MR) is 115 cm³/mol. The second-order valence-electron chi connectivity index (χ2n) is 7.46. The Morgan fingerprint density at radius 3 is 2.71 bits per heavy atom. The number of rotatable bonds is 4. The van der Waals surface area contributed by atoms with Crippen LogP contribution in [0.2, 0.25) is 0 Å². The Labute approximate surface area is 177 Å². The molecule has 0 bridgehead atoms. The van der Waals surface area contributed by atoms with Crippen molar-refractivity contribution in [1.29, 1.82) is 0 Å². The fraction of sp³-hybridized carbons (Fsp3) is 0.261. The quantitative estimate of drug-likeness (QED) is 0.669. The second kappa shape index (κ2) is 8.99. The Balaban J connectivity index is 1.48. The van der Waals surface area contributed by atoms with Gasteiger partial charge in [0.2, 0.25) is 0 Å². The molecule has 160 valence electrons. The Hall–Kier alpha value is -3.68. The number of carbonyl (C=O) groups excluding carboxylic acids is 2. The van der Waals surface area contributed by atoms with Gasteiger partial charge in [-0.25, -0.2) is 9.18 Å². The lowest BCUT2D eigenvalue weighted by atomic mass is 10.0. The number of carbonyl (C=O) groups is 2. The maximum atomic E-state index is 13.5. The molecular weight excluding hydrogens is 401 g/mol. The van der Waals surface area contributed by atoms with Crippen LogP contribution in [0.4, 0.5) is 14.9 Å². The summed E-state index contributed by atoms with van der Waals surface area (Å²) in [7, 11) is 0. The fourth-order valence-corrected chi connectivity index (χ4v) is 3.76. The topological polar surface area (TPSA) is 91.7 Å². The second-order valence-corrected chi connectivity index (χ2v) is 7.46. The minimum atomic E-state index is -0.551. The third-order valence-corrected chi connectivity index (χ3v) is 5.32. The van der Waals surface area contributed by atoms with E-state index in [0.29, 0.717) is 18.7 Å². The number of likely N-dealkylation sites (tertiary alicyclic amines) is 1. The minimum Gasteiger partial charge on any atom is -0.451 e. The van der Waals surface area contributed by atoms with Gasteiger partial charge < -0.3 is 20.0 Å². The van der Waals surface area contributed by atoms with Gasteiger partial charge in [0.15, 0.2) is 11.2 Å². The van der Waals surface area contributed by atoms with E-state index in [1.54, 1.807) is 17.0 Å². The lowest BCUT2D eigenvalue weighted by molar-refractivity contribution is 0.0583. The van der Waals surface area contributed by atoms with Gasteiger partial charge >= 0.3 is 6.03 Å². The van der Waals surface area contributed by atoms with E-state index < -0.39 is 17.2 Å². The van der Waals surface area contributed by atoms with E-state index >= 15 is 0 Å². The summed E-state index contributed by atoms with van der Waals surface area (Å²) in [5.41, 5.74) is 0.296. The first-order valence-corrected chi connectivity index (χ1v) is 10.2. The number of nitrogens with zero attached hydrogens (tertiary/aromatic N) is 1. The van der Waals surface area contributed by atoms with Gasteiger partial charge in [0.05, 0.1) is 5.39 Å². The molecule has 8 heteroatoms. The van der Waals surface area contributed by atoms with Crippen LogP contribution < -0.4 is 16.1 Å². The van der Waals surface area contributed by atoms with Gasteiger partial charge in [-0.05, 0) is 43.5 Å². The van der Waals surface area contributed by atoms with Crippen molar-refractivity contribution < 1.29 is 18.4 Å². The summed E-state index contributed by atoms with van der Waals surface area (Å²) < 4.78 is 19.1. The van der Waals surface area contributed by atoms with Gasteiger partial charge in [-0.3, -0.25) is 9.59 Å². The Morgan fingerprint density at radius 1 is 1.10 bits per heavy atom. The highest BCUT2D eigenvalue weighted by Crippen LogP contribution is 2.21. The monoisotopic (exact) mass is 423 g/mol. The van der Waals surface area contributed by atoms with Crippen molar-refractivity contribution in [2.75, 3.05) is 18.4 Å². The Morgan fingerprint density at radius 2 is 1.90 bits per heavy atom. The molecule has 1 fully saturated rings. The van der Waals surface area contributed by atoms with Crippen molar-refractivity contribution in [1.82, 2.24) is 10.2 Å². The van der Waals surface area contributed by atoms with Crippen LogP contribution in [0.5, 0.6) is 0 Å². The first-order chi connectivity index (χ1) is 15.0. The number of amides is 3. The van der Waals surface area contributed by atoms with Crippen molar-refractivity contribution in [3.63, 3.8) is 0 Å². The van der Waals surface area contributed by atoms with Crippen molar-refractivity contribution in [3.05, 3.63) is 76.4 Å². The van der Waals surface area contributed by atoms with Crippen LogP contribution in [-0.4, -0.2) is 36.0 Å². The smallest absolute Gasteiger partial charge is 0.319 e. The third-order valence-electron chi connectivity index (χ3n) is 5.32. The summed E-state index contributed by atoms with van der Waals surface area (Å²) in [6.07, 6.45) is 2.44. The van der Waals surface area contributed by atoms with Gasteiger partial charge in [-0.2, -0.15) is 0 Å². The summed E-state index contributed by atoms with van der Waals surface area (Å²) in [6, 6.07) is 13.2. The summed E-state index contributed by atoms with van der Waals surface area (Å²) >= 11 is 0. The number of para-hydroxylation sites is 1. The summed E-state index contributed by atoms with van der Waals surface area (Å²) in [6.45, 7) is 0.743. The molecule has 3 amide bonds. The molecule has 1 aromatic heterocycles. The van der Waals surface area contributed by atoms with Gasteiger partial charge in [-0.1, -0.05) is 18.2 Å². The van der Waals surface area contributed by atoms with E-state index in [9.17, 15) is 18.8 Å². The van der Waals surface area contributed by atoms with Gasteiger partial charge in [0, 0.05) is 37.0 Å². The highest BCUT2D eigenvalue weighted by atomic mass is 19.1. The lowest BCUT2D eigenvalue weighted by Crippen LogP contribution is -2.50. The normalized spacial score (nSPS) is 16.2. The minimum absolute atomic E-state index is 0.0322. The highest BCUT2D eigenvalue weighted by molar-refractivity contribution is 5.93. The Bertz CT molecular complexity index is 1160. The highest BCUT2D eigenvalue weighted by Gasteiger charge is 2.29. The molecule has 1 saturated heterocycles. The van der Waals surface area contributed by atoms with Crippen LogP contribution in [0.1, 0.15) is 29.8 Å². The zero-order valence-corrected chi connectivity index (χ0v) is 16.8. The Kier molecular flexibility index (Phi) is 5.97. The molecule has 1 unspecified atom stereocenters. The van der Waals surface area contributed by atoms with E-state index in [2.05, 4.69) is 10.6 Å². The third kappa shape index (κ3) is 4.74. The molecule has 7 nitrogen and oxygen atoms in total. The number of anilines is 1. The molecule has 2 aromatic carbocycles. The van der Waals surface area contributed by atoms with Crippen molar-refractivity contribution >= 4 is 28.6 Å². The first-order valence-electron chi connectivity index (χ1n) is 10.2. The van der Waals surface area contributed by atoms with Crippen molar-refractivity contribution in [2.24, 2.45) is 0 Å². The standard InChI is InChI=1S/C23H22FN3O4/c24-15-9-10-18-19(28)13-21(31-20(18)12-15)22(29)27-11-5-4-8-17(27)14-25-23(30)26-16-6-2-1-3-7-16/h1-3,6-7,9-10,12-13,17H,4-5,8,11,14H2,(H2,25,26,30). The van der Waals surface area contributed by atoms with Crippen LogP contribution >= 0.6 is 0 Å². The van der Waals surface area contributed by atoms with Crippen LogP contribution in [0.25, 0.3) is 11.0 Å². The number of hydrogen-bond acceptors (Lipinski definition) is 4. The molecular formula is C23H22FN3O4. The fourth-order valence-electron chi connectivity index (χ4n) is 3.76. The number of nitrogens with one attached hydrogen (secondary N) is 2.